The molecule has 6 heteroatoms. The van der Waals surface area contributed by atoms with E-state index in [4.69, 9.17) is 0 Å². The average Bonchev–Trinajstić information content (AvgIpc) is 2.62. The number of aryl methyl sites for hydroxylation is 1. The third kappa shape index (κ3) is 6.55. The van der Waals surface area contributed by atoms with Gasteiger partial charge in [-0.25, -0.2) is 0 Å². The number of carbonyl (C=O) groups excluding carboxylic acids is 2. The highest BCUT2D eigenvalue weighted by Gasteiger charge is 2.15. The molecule has 0 fully saturated rings. The average molecular weight is 421 g/mol. The SMILES string of the molecule is CCc1ccc(NC(=O)CSC(C)C(=O)Nc2ccc(Br)cc2)cc1. The molecule has 0 aliphatic heterocycles. The van der Waals surface area contributed by atoms with Crippen LogP contribution in [0.2, 0.25) is 0 Å². The maximum Gasteiger partial charge on any atom is 0.237 e. The summed E-state index contributed by atoms with van der Waals surface area (Å²) in [6.45, 7) is 3.88. The Balaban J connectivity index is 1.77. The molecular weight excluding hydrogens is 400 g/mol. The van der Waals surface area contributed by atoms with Crippen molar-refractivity contribution in [3.8, 4) is 0 Å². The van der Waals surface area contributed by atoms with Gasteiger partial charge in [0, 0.05) is 15.8 Å². The summed E-state index contributed by atoms with van der Waals surface area (Å²) in [6, 6.07) is 15.2. The summed E-state index contributed by atoms with van der Waals surface area (Å²) in [4.78, 5) is 24.2. The molecule has 0 aliphatic carbocycles. The van der Waals surface area contributed by atoms with E-state index in [9.17, 15) is 9.59 Å². The number of benzene rings is 2. The molecule has 4 nitrogen and oxygen atoms in total. The maximum atomic E-state index is 12.2. The zero-order valence-corrected chi connectivity index (χ0v) is 16.6. The quantitative estimate of drug-likeness (QED) is 0.681. The third-order valence-electron chi connectivity index (χ3n) is 3.59. The van der Waals surface area contributed by atoms with Crippen LogP contribution >= 0.6 is 27.7 Å². The predicted octanol–water partition coefficient (Wildman–Crippen LogP) is 4.71. The Hall–Kier alpha value is -1.79. The van der Waals surface area contributed by atoms with Crippen molar-refractivity contribution in [1.29, 1.82) is 0 Å². The topological polar surface area (TPSA) is 58.2 Å². The van der Waals surface area contributed by atoms with E-state index in [1.54, 1.807) is 6.92 Å². The van der Waals surface area contributed by atoms with Crippen molar-refractivity contribution in [3.63, 3.8) is 0 Å². The van der Waals surface area contributed by atoms with Crippen molar-refractivity contribution in [3.05, 3.63) is 58.6 Å². The van der Waals surface area contributed by atoms with E-state index in [0.717, 1.165) is 22.3 Å². The highest BCUT2D eigenvalue weighted by molar-refractivity contribution is 9.10. The Morgan fingerprint density at radius 2 is 1.56 bits per heavy atom. The van der Waals surface area contributed by atoms with Gasteiger partial charge in [-0.05, 0) is 55.3 Å². The van der Waals surface area contributed by atoms with Crippen LogP contribution in [0, 0.1) is 0 Å². The van der Waals surface area contributed by atoms with Gasteiger partial charge in [-0.2, -0.15) is 0 Å². The van der Waals surface area contributed by atoms with Crippen molar-refractivity contribution in [2.75, 3.05) is 16.4 Å². The molecule has 2 amide bonds. The minimum absolute atomic E-state index is 0.113. The fourth-order valence-corrected chi connectivity index (χ4v) is 3.02. The molecule has 2 N–H and O–H groups in total. The Morgan fingerprint density at radius 3 is 2.16 bits per heavy atom. The second-order valence-electron chi connectivity index (χ2n) is 5.55. The van der Waals surface area contributed by atoms with E-state index in [2.05, 4.69) is 33.5 Å². The van der Waals surface area contributed by atoms with Gasteiger partial charge in [0.2, 0.25) is 11.8 Å². The number of hydrogen-bond donors (Lipinski definition) is 2. The molecule has 0 saturated heterocycles. The van der Waals surface area contributed by atoms with Gasteiger partial charge in [0.1, 0.15) is 0 Å². The van der Waals surface area contributed by atoms with Crippen molar-refractivity contribution in [1.82, 2.24) is 0 Å². The van der Waals surface area contributed by atoms with E-state index < -0.39 is 0 Å². The Labute approximate surface area is 160 Å². The molecule has 1 unspecified atom stereocenters. The van der Waals surface area contributed by atoms with Crippen molar-refractivity contribution >= 4 is 50.9 Å². The van der Waals surface area contributed by atoms with Crippen LogP contribution in [0.1, 0.15) is 19.4 Å². The molecular formula is C19H21BrN2O2S. The Kier molecular flexibility index (Phi) is 7.52. The van der Waals surface area contributed by atoms with Gasteiger partial charge in [-0.1, -0.05) is 35.0 Å². The molecule has 2 aromatic carbocycles. The normalized spacial score (nSPS) is 11.6. The molecule has 2 rings (SSSR count). The van der Waals surface area contributed by atoms with Crippen LogP contribution in [0.4, 0.5) is 11.4 Å². The van der Waals surface area contributed by atoms with Crippen LogP contribution in [0.5, 0.6) is 0 Å². The van der Waals surface area contributed by atoms with E-state index in [1.165, 1.54) is 17.3 Å². The van der Waals surface area contributed by atoms with Crippen LogP contribution in [-0.4, -0.2) is 22.8 Å². The molecule has 0 spiro atoms. The van der Waals surface area contributed by atoms with Gasteiger partial charge < -0.3 is 10.6 Å². The number of rotatable bonds is 7. The number of hydrogen-bond acceptors (Lipinski definition) is 3. The van der Waals surface area contributed by atoms with Gasteiger partial charge in [0.25, 0.3) is 0 Å². The number of carbonyl (C=O) groups is 2. The van der Waals surface area contributed by atoms with Crippen LogP contribution in [0.15, 0.2) is 53.0 Å². The van der Waals surface area contributed by atoms with E-state index >= 15 is 0 Å². The Morgan fingerprint density at radius 1 is 1.00 bits per heavy atom. The number of nitrogens with one attached hydrogen (secondary N) is 2. The van der Waals surface area contributed by atoms with Crippen LogP contribution in [-0.2, 0) is 16.0 Å². The first-order valence-corrected chi connectivity index (χ1v) is 9.89. The maximum absolute atomic E-state index is 12.2. The number of amides is 2. The fraction of sp³-hybridized carbons (Fsp3) is 0.263. The van der Waals surface area contributed by atoms with Crippen molar-refractivity contribution in [2.45, 2.75) is 25.5 Å². The van der Waals surface area contributed by atoms with E-state index in [0.29, 0.717) is 0 Å². The lowest BCUT2D eigenvalue weighted by molar-refractivity contribution is -0.115. The summed E-state index contributed by atoms with van der Waals surface area (Å²) < 4.78 is 0.955. The lowest BCUT2D eigenvalue weighted by Crippen LogP contribution is -2.25. The highest BCUT2D eigenvalue weighted by Crippen LogP contribution is 2.17. The summed E-state index contributed by atoms with van der Waals surface area (Å²) in [7, 11) is 0. The summed E-state index contributed by atoms with van der Waals surface area (Å²) in [5.74, 6) is -0.00488. The van der Waals surface area contributed by atoms with Crippen LogP contribution < -0.4 is 10.6 Å². The lowest BCUT2D eigenvalue weighted by atomic mass is 10.1. The van der Waals surface area contributed by atoms with Crippen LogP contribution in [0.3, 0.4) is 0 Å². The summed E-state index contributed by atoms with van der Waals surface area (Å²) in [5.41, 5.74) is 2.74. The first kappa shape index (κ1) is 19.5. The van der Waals surface area contributed by atoms with Gasteiger partial charge in [-0.15, -0.1) is 11.8 Å². The molecule has 0 heterocycles. The predicted molar refractivity (Wildman–Crippen MR) is 109 cm³/mol. The second-order valence-corrected chi connectivity index (χ2v) is 7.79. The minimum Gasteiger partial charge on any atom is -0.325 e. The first-order chi connectivity index (χ1) is 12.0. The standard InChI is InChI=1S/C19H21BrN2O2S/c1-3-14-4-8-16(9-5-14)21-18(23)12-25-13(2)19(24)22-17-10-6-15(20)7-11-17/h4-11,13H,3,12H2,1-2H3,(H,21,23)(H,22,24). The zero-order valence-electron chi connectivity index (χ0n) is 14.2. The minimum atomic E-state index is -0.322. The second kappa shape index (κ2) is 9.63. The molecule has 0 aromatic heterocycles. The molecule has 0 radical (unpaired) electrons. The summed E-state index contributed by atoms with van der Waals surface area (Å²) >= 11 is 4.66. The van der Waals surface area contributed by atoms with E-state index in [-0.39, 0.29) is 22.8 Å². The lowest BCUT2D eigenvalue weighted by Gasteiger charge is -2.12. The molecule has 25 heavy (non-hydrogen) atoms. The Bertz CT molecular complexity index is 717. The summed E-state index contributed by atoms with van der Waals surface area (Å²) in [6.07, 6.45) is 0.967. The third-order valence-corrected chi connectivity index (χ3v) is 5.26. The van der Waals surface area contributed by atoms with Gasteiger partial charge in [0.15, 0.2) is 0 Å². The van der Waals surface area contributed by atoms with Gasteiger partial charge >= 0.3 is 0 Å². The van der Waals surface area contributed by atoms with Gasteiger partial charge in [-0.3, -0.25) is 9.59 Å². The molecule has 0 bridgehead atoms. The zero-order chi connectivity index (χ0) is 18.2. The molecule has 1 atom stereocenters. The van der Waals surface area contributed by atoms with Gasteiger partial charge in [0.05, 0.1) is 11.0 Å². The molecule has 0 aliphatic rings. The van der Waals surface area contributed by atoms with Crippen molar-refractivity contribution < 1.29 is 9.59 Å². The van der Waals surface area contributed by atoms with Crippen molar-refractivity contribution in [2.24, 2.45) is 0 Å². The number of halogens is 1. The van der Waals surface area contributed by atoms with E-state index in [1.807, 2.05) is 48.5 Å². The summed E-state index contributed by atoms with van der Waals surface area (Å²) in [5, 5.41) is 5.37. The number of anilines is 2. The monoisotopic (exact) mass is 420 g/mol. The smallest absolute Gasteiger partial charge is 0.237 e. The molecule has 132 valence electrons. The first-order valence-electron chi connectivity index (χ1n) is 8.04. The fourth-order valence-electron chi connectivity index (χ4n) is 2.07. The van der Waals surface area contributed by atoms with Crippen LogP contribution in [0.25, 0.3) is 0 Å². The number of thioether (sulfide) groups is 1. The molecule has 0 saturated carbocycles. The molecule has 2 aromatic rings. The highest BCUT2D eigenvalue weighted by atomic mass is 79.9. The largest absolute Gasteiger partial charge is 0.325 e.